The largest absolute Gasteiger partial charge is 0.544 e. The lowest BCUT2D eigenvalue weighted by atomic mass is 9.79. The summed E-state index contributed by atoms with van der Waals surface area (Å²) >= 11 is 0. The fourth-order valence-electron chi connectivity index (χ4n) is 1.44. The highest BCUT2D eigenvalue weighted by Crippen LogP contribution is 2.38. The van der Waals surface area contributed by atoms with E-state index in [1.54, 1.807) is 0 Å². The fourth-order valence-corrected chi connectivity index (χ4v) is 2.47. The molecule has 0 fully saturated rings. The Labute approximate surface area is 124 Å². The number of alkyl halides is 3. The number of benzene rings is 1. The minimum atomic E-state index is -4.51. The van der Waals surface area contributed by atoms with Gasteiger partial charge in [0.2, 0.25) is 8.32 Å². The van der Waals surface area contributed by atoms with Crippen LogP contribution in [-0.4, -0.2) is 25.5 Å². The zero-order valence-electron chi connectivity index (χ0n) is 12.7. The Morgan fingerprint density at radius 1 is 1.10 bits per heavy atom. The third-order valence-corrected chi connectivity index (χ3v) is 8.13. The van der Waals surface area contributed by atoms with Crippen LogP contribution in [0.25, 0.3) is 0 Å². The molecule has 0 spiro atoms. The lowest BCUT2D eigenvalue weighted by Crippen LogP contribution is -2.46. The molecule has 0 unspecified atom stereocenters. The van der Waals surface area contributed by atoms with E-state index in [1.165, 1.54) is 0 Å². The maximum atomic E-state index is 12.8. The molecule has 2 N–H and O–H groups in total. The summed E-state index contributed by atoms with van der Waals surface area (Å²) in [7, 11) is -4.28. The fraction of sp³-hybridized carbons (Fsp3) is 0.538. The van der Waals surface area contributed by atoms with Crippen LogP contribution in [0, 0.1) is 0 Å². The van der Waals surface area contributed by atoms with E-state index in [1.807, 2.05) is 33.9 Å². The highest BCUT2D eigenvalue weighted by molar-refractivity contribution is 6.75. The van der Waals surface area contributed by atoms with Crippen LogP contribution in [0.2, 0.25) is 18.1 Å². The summed E-state index contributed by atoms with van der Waals surface area (Å²) in [6, 6.07) is 2.68. The molecule has 0 bridgehead atoms. The molecule has 1 aromatic carbocycles. The van der Waals surface area contributed by atoms with E-state index in [0.29, 0.717) is 0 Å². The first-order chi connectivity index (χ1) is 9.25. The summed E-state index contributed by atoms with van der Waals surface area (Å²) in [5.41, 5.74) is -0.937. The van der Waals surface area contributed by atoms with Crippen molar-refractivity contribution in [2.24, 2.45) is 0 Å². The lowest BCUT2D eigenvalue weighted by molar-refractivity contribution is -0.137. The molecule has 0 aromatic heterocycles. The maximum absolute atomic E-state index is 12.8. The maximum Gasteiger partial charge on any atom is 0.492 e. The summed E-state index contributed by atoms with van der Waals surface area (Å²) in [6.45, 7) is 9.59. The topological polar surface area (TPSA) is 49.7 Å². The Hall–Kier alpha value is -0.988. The summed E-state index contributed by atoms with van der Waals surface area (Å²) < 4.78 is 44.2. The minimum Gasteiger partial charge on any atom is -0.544 e. The molecule has 1 rings (SSSR count). The number of hydrogen-bond acceptors (Lipinski definition) is 3. The van der Waals surface area contributed by atoms with E-state index in [0.717, 1.165) is 18.2 Å². The van der Waals surface area contributed by atoms with Crippen LogP contribution in [0.5, 0.6) is 5.75 Å². The van der Waals surface area contributed by atoms with Crippen molar-refractivity contribution in [3.8, 4) is 5.75 Å². The average Bonchev–Trinajstić information content (AvgIpc) is 2.25. The third-order valence-electron chi connectivity index (χ3n) is 3.79. The molecule has 0 aliphatic rings. The Balaban J connectivity index is 3.32. The van der Waals surface area contributed by atoms with Crippen molar-refractivity contribution in [1.29, 1.82) is 0 Å². The smallest absolute Gasteiger partial charge is 0.492 e. The second kappa shape index (κ2) is 5.66. The molecule has 0 saturated heterocycles. The molecule has 1 aromatic rings. The molecular formula is C13H20BF3O3Si. The van der Waals surface area contributed by atoms with Crippen molar-refractivity contribution in [2.75, 3.05) is 0 Å². The van der Waals surface area contributed by atoms with Gasteiger partial charge in [-0.1, -0.05) is 32.9 Å². The lowest BCUT2D eigenvalue weighted by Gasteiger charge is -2.37. The highest BCUT2D eigenvalue weighted by atomic mass is 28.4. The van der Waals surface area contributed by atoms with Crippen LogP contribution in [0.15, 0.2) is 18.2 Å². The second-order valence-electron chi connectivity index (χ2n) is 6.49. The van der Waals surface area contributed by atoms with Crippen LogP contribution < -0.4 is 9.89 Å². The van der Waals surface area contributed by atoms with Crippen molar-refractivity contribution in [1.82, 2.24) is 0 Å². The van der Waals surface area contributed by atoms with Gasteiger partial charge in [0, 0.05) is 5.46 Å². The summed E-state index contributed by atoms with van der Waals surface area (Å²) in [5, 5.41) is 18.4. The summed E-state index contributed by atoms with van der Waals surface area (Å²) in [6.07, 6.45) is -4.51. The normalized spacial score (nSPS) is 13.2. The first-order valence-electron chi connectivity index (χ1n) is 6.52. The monoisotopic (exact) mass is 320 g/mol. The zero-order valence-corrected chi connectivity index (χ0v) is 13.7. The molecule has 118 valence electrons. The predicted octanol–water partition coefficient (Wildman–Crippen LogP) is 2.77. The quantitative estimate of drug-likeness (QED) is 0.842. The Morgan fingerprint density at radius 2 is 1.62 bits per heavy atom. The third kappa shape index (κ3) is 4.24. The molecule has 0 amide bonds. The molecule has 21 heavy (non-hydrogen) atoms. The predicted molar refractivity (Wildman–Crippen MR) is 79.1 cm³/mol. The number of halogens is 3. The van der Waals surface area contributed by atoms with E-state index >= 15 is 0 Å². The van der Waals surface area contributed by atoms with E-state index in [9.17, 15) is 23.2 Å². The average molecular weight is 320 g/mol. The van der Waals surface area contributed by atoms with Crippen molar-refractivity contribution in [3.05, 3.63) is 23.8 Å². The minimum absolute atomic E-state index is 0.0622. The Bertz CT molecular complexity index is 510. The second-order valence-corrected chi connectivity index (χ2v) is 11.2. The van der Waals surface area contributed by atoms with Crippen molar-refractivity contribution in [2.45, 2.75) is 45.1 Å². The molecular weight excluding hydrogens is 300 g/mol. The molecule has 0 aliphatic carbocycles. The standard InChI is InChI=1S/C13H20BF3O3Si/c1-12(2,3)21(4,5)20-11-8-9(13(15,16)17)6-7-10(11)14(18)19/h6-8,18-19H,1-5H3. The zero-order chi connectivity index (χ0) is 16.6. The highest BCUT2D eigenvalue weighted by Gasteiger charge is 2.40. The summed E-state index contributed by atoms with van der Waals surface area (Å²) in [4.78, 5) is 0. The molecule has 0 atom stereocenters. The van der Waals surface area contributed by atoms with Gasteiger partial charge in [0.25, 0.3) is 0 Å². The van der Waals surface area contributed by atoms with Gasteiger partial charge in [0.05, 0.1) is 5.56 Å². The van der Waals surface area contributed by atoms with Crippen LogP contribution in [0.3, 0.4) is 0 Å². The Kier molecular flexibility index (Phi) is 4.87. The van der Waals surface area contributed by atoms with E-state index in [4.69, 9.17) is 4.43 Å². The number of hydrogen-bond donors (Lipinski definition) is 2. The van der Waals surface area contributed by atoms with E-state index < -0.39 is 27.2 Å². The van der Waals surface area contributed by atoms with E-state index in [2.05, 4.69) is 0 Å². The van der Waals surface area contributed by atoms with Crippen molar-refractivity contribution >= 4 is 20.9 Å². The molecule has 3 nitrogen and oxygen atoms in total. The SMILES string of the molecule is CC(C)(C)[Si](C)(C)Oc1cc(C(F)(F)F)ccc1B(O)O. The number of rotatable bonds is 3. The van der Waals surface area contributed by atoms with Crippen molar-refractivity contribution in [3.63, 3.8) is 0 Å². The molecule has 0 saturated carbocycles. The van der Waals surface area contributed by atoms with Gasteiger partial charge < -0.3 is 14.5 Å². The van der Waals surface area contributed by atoms with Gasteiger partial charge >= 0.3 is 13.3 Å². The molecule has 0 aliphatic heterocycles. The molecule has 0 heterocycles. The molecule has 0 radical (unpaired) electrons. The van der Waals surface area contributed by atoms with E-state index in [-0.39, 0.29) is 16.3 Å². The first-order valence-corrected chi connectivity index (χ1v) is 9.43. The van der Waals surface area contributed by atoms with Gasteiger partial charge in [-0.25, -0.2) is 0 Å². The van der Waals surface area contributed by atoms with Crippen LogP contribution >= 0.6 is 0 Å². The molecule has 8 heteroatoms. The first kappa shape index (κ1) is 18.1. The van der Waals surface area contributed by atoms with Crippen LogP contribution in [-0.2, 0) is 6.18 Å². The van der Waals surface area contributed by atoms with Gasteiger partial charge in [-0.3, -0.25) is 0 Å². The van der Waals surface area contributed by atoms with Gasteiger partial charge in [-0.05, 0) is 24.2 Å². The van der Waals surface area contributed by atoms with Gasteiger partial charge in [-0.2, -0.15) is 13.2 Å². The summed E-state index contributed by atoms with van der Waals surface area (Å²) in [5.74, 6) is -0.119. The van der Waals surface area contributed by atoms with Gasteiger partial charge in [0.15, 0.2) is 0 Å². The van der Waals surface area contributed by atoms with Crippen LogP contribution in [0.1, 0.15) is 26.3 Å². The van der Waals surface area contributed by atoms with Crippen LogP contribution in [0.4, 0.5) is 13.2 Å². The Morgan fingerprint density at radius 3 is 2.00 bits per heavy atom. The van der Waals surface area contributed by atoms with Gasteiger partial charge in [-0.15, -0.1) is 0 Å². The van der Waals surface area contributed by atoms with Gasteiger partial charge in [0.1, 0.15) is 5.75 Å². The van der Waals surface area contributed by atoms with Crippen molar-refractivity contribution < 1.29 is 27.6 Å².